The van der Waals surface area contributed by atoms with Crippen molar-refractivity contribution in [2.45, 2.75) is 33.7 Å². The second-order valence-corrected chi connectivity index (χ2v) is 7.18. The Hall–Kier alpha value is -2.88. The van der Waals surface area contributed by atoms with Crippen molar-refractivity contribution < 1.29 is 28.4 Å². The zero-order chi connectivity index (χ0) is 20.3. The van der Waals surface area contributed by atoms with Gasteiger partial charge < -0.3 is 24.2 Å². The van der Waals surface area contributed by atoms with Crippen molar-refractivity contribution in [2.75, 3.05) is 25.1 Å². The summed E-state index contributed by atoms with van der Waals surface area (Å²) in [5.41, 5.74) is 1.24. The minimum Gasteiger partial charge on any atom is -0.462 e. The highest BCUT2D eigenvalue weighted by molar-refractivity contribution is 7.17. The summed E-state index contributed by atoms with van der Waals surface area (Å²) in [5.74, 6) is -0.481. The average Bonchev–Trinajstić information content (AvgIpc) is 3.24. The van der Waals surface area contributed by atoms with E-state index in [9.17, 15) is 14.4 Å². The lowest BCUT2D eigenvalue weighted by Gasteiger charge is -2.26. The largest absolute Gasteiger partial charge is 0.462 e. The number of hydrogen-bond donors (Lipinski definition) is 1. The predicted octanol–water partition coefficient (Wildman–Crippen LogP) is 2.99. The molecule has 1 N–H and O–H groups in total. The smallest absolute Gasteiger partial charge is 0.410 e. The summed E-state index contributed by atoms with van der Waals surface area (Å²) in [6.45, 7) is 6.39. The molecule has 9 nitrogen and oxygen atoms in total. The van der Waals surface area contributed by atoms with E-state index in [0.29, 0.717) is 42.4 Å². The predicted molar refractivity (Wildman–Crippen MR) is 101 cm³/mol. The van der Waals surface area contributed by atoms with Crippen LogP contribution >= 0.6 is 11.3 Å². The molecule has 150 valence electrons. The highest BCUT2D eigenvalue weighted by atomic mass is 32.1. The Bertz CT molecular complexity index is 903. The molecule has 2 aromatic rings. The number of hydrogen-bond acceptors (Lipinski definition) is 8. The molecule has 1 aliphatic rings. The number of amides is 2. The second kappa shape index (κ2) is 8.42. The van der Waals surface area contributed by atoms with E-state index in [1.54, 1.807) is 25.7 Å². The van der Waals surface area contributed by atoms with Crippen LogP contribution in [0.25, 0.3) is 0 Å². The van der Waals surface area contributed by atoms with Crippen molar-refractivity contribution >= 4 is 34.3 Å². The van der Waals surface area contributed by atoms with Gasteiger partial charge >= 0.3 is 12.1 Å². The Morgan fingerprint density at radius 2 is 2.04 bits per heavy atom. The molecular weight excluding hydrogens is 386 g/mol. The Labute approximate surface area is 165 Å². The molecule has 28 heavy (non-hydrogen) atoms. The summed E-state index contributed by atoms with van der Waals surface area (Å²) < 4.78 is 15.2. The Balaban J connectivity index is 1.90. The number of aromatic nitrogens is 1. The summed E-state index contributed by atoms with van der Waals surface area (Å²) in [7, 11) is 0. The zero-order valence-corrected chi connectivity index (χ0v) is 16.7. The number of carbonyl (C=O) groups is 3. The van der Waals surface area contributed by atoms with Gasteiger partial charge in [0.05, 0.1) is 25.3 Å². The van der Waals surface area contributed by atoms with Crippen LogP contribution in [0, 0.1) is 6.92 Å². The van der Waals surface area contributed by atoms with E-state index < -0.39 is 18.0 Å². The standard InChI is InChI=1S/C18H21N3O6S/c1-4-25-17(23)14-11-6-7-21(18(24)26-5-2)9-13(11)28-16(14)19-15(22)12-8-10(3)27-20-12/h8H,4-7,9H2,1-3H3,(H,19,22). The van der Waals surface area contributed by atoms with Gasteiger partial charge in [0.15, 0.2) is 5.69 Å². The van der Waals surface area contributed by atoms with Gasteiger partial charge in [-0.1, -0.05) is 5.16 Å². The van der Waals surface area contributed by atoms with E-state index in [4.69, 9.17) is 14.0 Å². The number of aryl methyl sites for hydroxylation is 1. The zero-order valence-electron chi connectivity index (χ0n) is 15.9. The molecule has 0 atom stereocenters. The minimum absolute atomic E-state index is 0.117. The number of carbonyl (C=O) groups excluding carboxylic acids is 3. The van der Waals surface area contributed by atoms with Crippen LogP contribution in [-0.4, -0.2) is 47.8 Å². The fourth-order valence-electron chi connectivity index (χ4n) is 2.92. The van der Waals surface area contributed by atoms with Gasteiger partial charge in [0, 0.05) is 17.5 Å². The molecule has 0 saturated heterocycles. The van der Waals surface area contributed by atoms with Crippen LogP contribution in [0.3, 0.4) is 0 Å². The highest BCUT2D eigenvalue weighted by Gasteiger charge is 2.31. The van der Waals surface area contributed by atoms with E-state index in [2.05, 4.69) is 10.5 Å². The lowest BCUT2D eigenvalue weighted by Crippen LogP contribution is -2.36. The third kappa shape index (κ3) is 4.01. The van der Waals surface area contributed by atoms with Gasteiger partial charge in [0.1, 0.15) is 10.8 Å². The molecule has 0 spiro atoms. The van der Waals surface area contributed by atoms with E-state index in [0.717, 1.165) is 10.4 Å². The molecule has 3 rings (SSSR count). The van der Waals surface area contributed by atoms with Crippen LogP contribution in [-0.2, 0) is 22.4 Å². The summed E-state index contributed by atoms with van der Waals surface area (Å²) in [4.78, 5) is 39.4. The third-order valence-corrected chi connectivity index (χ3v) is 5.28. The molecule has 0 aliphatic carbocycles. The van der Waals surface area contributed by atoms with Gasteiger partial charge in [0.2, 0.25) is 0 Å². The number of nitrogens with one attached hydrogen (secondary N) is 1. The van der Waals surface area contributed by atoms with Crippen molar-refractivity contribution in [2.24, 2.45) is 0 Å². The topological polar surface area (TPSA) is 111 Å². The summed E-state index contributed by atoms with van der Waals surface area (Å²) >= 11 is 1.24. The van der Waals surface area contributed by atoms with Gasteiger partial charge in [-0.25, -0.2) is 9.59 Å². The number of esters is 1. The quantitative estimate of drug-likeness (QED) is 0.759. The number of nitrogens with zero attached hydrogens (tertiary/aromatic N) is 2. The Morgan fingerprint density at radius 1 is 1.29 bits per heavy atom. The van der Waals surface area contributed by atoms with Crippen LogP contribution in [0.2, 0.25) is 0 Å². The average molecular weight is 407 g/mol. The molecule has 0 saturated carbocycles. The van der Waals surface area contributed by atoms with Gasteiger partial charge in [-0.2, -0.15) is 0 Å². The first-order valence-electron chi connectivity index (χ1n) is 8.92. The number of ether oxygens (including phenoxy) is 2. The van der Waals surface area contributed by atoms with Crippen LogP contribution in [0.5, 0.6) is 0 Å². The van der Waals surface area contributed by atoms with E-state index in [-0.39, 0.29) is 12.3 Å². The van der Waals surface area contributed by atoms with E-state index in [1.807, 2.05) is 0 Å². The molecule has 2 aromatic heterocycles. The molecule has 3 heterocycles. The molecule has 1 aliphatic heterocycles. The van der Waals surface area contributed by atoms with Gasteiger partial charge in [0.25, 0.3) is 5.91 Å². The molecule has 0 fully saturated rings. The monoisotopic (exact) mass is 407 g/mol. The van der Waals surface area contributed by atoms with E-state index >= 15 is 0 Å². The maximum Gasteiger partial charge on any atom is 0.410 e. The Kier molecular flexibility index (Phi) is 5.98. The molecule has 0 aromatic carbocycles. The third-order valence-electron chi connectivity index (χ3n) is 4.15. The molecular formula is C18H21N3O6S. The van der Waals surface area contributed by atoms with Crippen molar-refractivity contribution in [3.05, 3.63) is 33.5 Å². The lowest BCUT2D eigenvalue weighted by atomic mass is 10.0. The highest BCUT2D eigenvalue weighted by Crippen LogP contribution is 2.38. The molecule has 0 radical (unpaired) electrons. The van der Waals surface area contributed by atoms with Crippen LogP contribution in [0.15, 0.2) is 10.6 Å². The maximum absolute atomic E-state index is 12.5. The van der Waals surface area contributed by atoms with Crippen LogP contribution in [0.1, 0.15) is 50.9 Å². The normalized spacial score (nSPS) is 13.0. The van der Waals surface area contributed by atoms with Crippen molar-refractivity contribution in [3.8, 4) is 0 Å². The first-order valence-corrected chi connectivity index (χ1v) is 9.74. The molecule has 0 unspecified atom stereocenters. The van der Waals surface area contributed by atoms with Crippen LogP contribution in [0.4, 0.5) is 9.80 Å². The molecule has 10 heteroatoms. The second-order valence-electron chi connectivity index (χ2n) is 6.08. The Morgan fingerprint density at radius 3 is 2.68 bits per heavy atom. The fraction of sp³-hybridized carbons (Fsp3) is 0.444. The summed E-state index contributed by atoms with van der Waals surface area (Å²) in [6, 6.07) is 1.51. The number of fused-ring (bicyclic) bond motifs is 1. The lowest BCUT2D eigenvalue weighted by molar-refractivity contribution is 0.0526. The number of rotatable bonds is 5. The summed E-state index contributed by atoms with van der Waals surface area (Å²) in [6.07, 6.45) is 0.0699. The SMILES string of the molecule is CCOC(=O)c1c(NC(=O)c2cc(C)on2)sc2c1CCN(C(=O)OCC)C2. The summed E-state index contributed by atoms with van der Waals surface area (Å²) in [5, 5.41) is 6.79. The maximum atomic E-state index is 12.5. The fourth-order valence-corrected chi connectivity index (χ4v) is 4.17. The van der Waals surface area contributed by atoms with Gasteiger partial charge in [-0.05, 0) is 32.8 Å². The first kappa shape index (κ1) is 19.9. The molecule has 2 amide bonds. The van der Waals surface area contributed by atoms with E-state index in [1.165, 1.54) is 17.4 Å². The minimum atomic E-state index is -0.504. The van der Waals surface area contributed by atoms with Gasteiger partial charge in [-0.3, -0.25) is 4.79 Å². The number of thiophene rings is 1. The van der Waals surface area contributed by atoms with Crippen molar-refractivity contribution in [1.29, 1.82) is 0 Å². The van der Waals surface area contributed by atoms with Crippen molar-refractivity contribution in [3.63, 3.8) is 0 Å². The van der Waals surface area contributed by atoms with Gasteiger partial charge in [-0.15, -0.1) is 11.3 Å². The number of anilines is 1. The first-order chi connectivity index (χ1) is 13.4. The van der Waals surface area contributed by atoms with Crippen molar-refractivity contribution in [1.82, 2.24) is 10.1 Å². The van der Waals surface area contributed by atoms with Crippen LogP contribution < -0.4 is 5.32 Å². The molecule has 0 bridgehead atoms.